The first-order valence-corrected chi connectivity index (χ1v) is 12.1. The number of fused-ring (bicyclic) bond motifs is 2. The molecule has 38 heavy (non-hydrogen) atoms. The van der Waals surface area contributed by atoms with Crippen molar-refractivity contribution in [2.24, 2.45) is 0 Å². The normalized spacial score (nSPS) is 19.6. The van der Waals surface area contributed by atoms with E-state index < -0.39 is 52.0 Å². The lowest BCUT2D eigenvalue weighted by Crippen LogP contribution is -2.62. The van der Waals surface area contributed by atoms with E-state index in [1.807, 2.05) is 11.2 Å². The molecule has 9 nitrogen and oxygen atoms in total. The Balaban J connectivity index is 1.61. The summed E-state index contributed by atoms with van der Waals surface area (Å²) in [4.78, 5) is 33.5. The molecular formula is C23H15ClF4N6O3S. The zero-order valence-corrected chi connectivity index (χ0v) is 20.8. The van der Waals surface area contributed by atoms with Gasteiger partial charge in [0.15, 0.2) is 11.6 Å². The predicted octanol–water partition coefficient (Wildman–Crippen LogP) is 4.99. The molecule has 1 saturated heterocycles. The lowest BCUT2D eigenvalue weighted by molar-refractivity contribution is -0.140. The summed E-state index contributed by atoms with van der Waals surface area (Å²) in [7, 11) is 1.27. The molecule has 0 saturated carbocycles. The number of amides is 3. The second kappa shape index (κ2) is 9.48. The average Bonchev–Trinajstić information content (AvgIpc) is 3.50. The highest BCUT2D eigenvalue weighted by molar-refractivity contribution is 8.09. The minimum Gasteiger partial charge on any atom is -0.494 e. The van der Waals surface area contributed by atoms with Gasteiger partial charge in [0.1, 0.15) is 16.5 Å². The Morgan fingerprint density at radius 3 is 2.74 bits per heavy atom. The molecule has 5 rings (SSSR count). The standard InChI is InChI=1S/C23H15ClF4N6O3S/c1-37-16-5-10(11(24)6-12(16)25)17-7-14-19(38-17)21(35)34(22(36)33(14)4-2-3-29)15-9-30-8-13-18(15)20(32-31-13)23(26,27)28/h5-9,14,19H,2,4H2,1H3,(H,31,32). The summed E-state index contributed by atoms with van der Waals surface area (Å²) in [6.07, 6.45) is -1.30. The zero-order valence-electron chi connectivity index (χ0n) is 19.2. The third-order valence-electron chi connectivity index (χ3n) is 6.09. The van der Waals surface area contributed by atoms with Crippen LogP contribution in [-0.4, -0.2) is 57.0 Å². The molecule has 0 spiro atoms. The van der Waals surface area contributed by atoms with Crippen molar-refractivity contribution in [3.8, 4) is 11.8 Å². The van der Waals surface area contributed by atoms with Crippen LogP contribution < -0.4 is 9.64 Å². The summed E-state index contributed by atoms with van der Waals surface area (Å²) in [5, 5.41) is 13.2. The van der Waals surface area contributed by atoms with Gasteiger partial charge < -0.3 is 9.64 Å². The van der Waals surface area contributed by atoms with Gasteiger partial charge in [-0.3, -0.25) is 14.9 Å². The second-order valence-electron chi connectivity index (χ2n) is 8.23. The van der Waals surface area contributed by atoms with Crippen molar-refractivity contribution in [2.45, 2.75) is 23.9 Å². The number of hydrogen-bond acceptors (Lipinski definition) is 7. The number of aromatic amines is 1. The van der Waals surface area contributed by atoms with Crippen LogP contribution in [0.1, 0.15) is 17.7 Å². The number of carbonyl (C=O) groups is 2. The summed E-state index contributed by atoms with van der Waals surface area (Å²) in [6, 6.07) is 2.57. The van der Waals surface area contributed by atoms with E-state index in [9.17, 15) is 27.2 Å². The molecular weight excluding hydrogens is 552 g/mol. The van der Waals surface area contributed by atoms with Crippen molar-refractivity contribution in [2.75, 3.05) is 18.6 Å². The van der Waals surface area contributed by atoms with Crippen LogP contribution in [0, 0.1) is 17.1 Å². The van der Waals surface area contributed by atoms with Crippen LogP contribution in [0.2, 0.25) is 5.02 Å². The maximum absolute atomic E-state index is 14.1. The van der Waals surface area contributed by atoms with Crippen LogP contribution in [0.15, 0.2) is 30.6 Å². The van der Waals surface area contributed by atoms with Gasteiger partial charge in [0, 0.05) is 17.0 Å². The highest BCUT2D eigenvalue weighted by Crippen LogP contribution is 2.48. The number of nitrogens with one attached hydrogen (secondary N) is 1. The Bertz CT molecular complexity index is 1550. The number of halogens is 5. The number of benzene rings is 1. The molecule has 1 N–H and O–H groups in total. The number of rotatable bonds is 5. The Hall–Kier alpha value is -3.83. The van der Waals surface area contributed by atoms with Gasteiger partial charge in [0.25, 0.3) is 5.91 Å². The molecule has 1 fully saturated rings. The number of alkyl halides is 3. The van der Waals surface area contributed by atoms with Gasteiger partial charge in [-0.25, -0.2) is 14.1 Å². The number of thioether (sulfide) groups is 1. The van der Waals surface area contributed by atoms with Gasteiger partial charge in [-0.2, -0.15) is 23.5 Å². The third-order valence-corrected chi connectivity index (χ3v) is 7.74. The van der Waals surface area contributed by atoms with Gasteiger partial charge in [-0.15, -0.1) is 11.8 Å². The lowest BCUT2D eigenvalue weighted by Gasteiger charge is -2.41. The van der Waals surface area contributed by atoms with Crippen molar-refractivity contribution in [1.82, 2.24) is 20.1 Å². The molecule has 0 aliphatic carbocycles. The first-order chi connectivity index (χ1) is 18.1. The van der Waals surface area contributed by atoms with E-state index in [1.54, 1.807) is 6.08 Å². The number of anilines is 1. The largest absolute Gasteiger partial charge is 0.494 e. The molecule has 2 aliphatic rings. The smallest absolute Gasteiger partial charge is 0.433 e. The summed E-state index contributed by atoms with van der Waals surface area (Å²) in [5.41, 5.74) is -1.48. The van der Waals surface area contributed by atoms with E-state index in [2.05, 4.69) is 10.1 Å². The lowest BCUT2D eigenvalue weighted by atomic mass is 10.0. The average molecular weight is 567 g/mol. The summed E-state index contributed by atoms with van der Waals surface area (Å²) in [5.74, 6) is -1.58. The maximum atomic E-state index is 14.1. The highest BCUT2D eigenvalue weighted by atomic mass is 35.5. The molecule has 2 aromatic heterocycles. The number of nitrogens with zero attached hydrogens (tertiary/aromatic N) is 5. The first-order valence-electron chi connectivity index (χ1n) is 10.9. The summed E-state index contributed by atoms with van der Waals surface area (Å²) in [6.45, 7) is -0.105. The van der Waals surface area contributed by atoms with Crippen LogP contribution in [-0.2, 0) is 11.0 Å². The van der Waals surface area contributed by atoms with Crippen LogP contribution in [0.3, 0.4) is 0 Å². The van der Waals surface area contributed by atoms with E-state index in [0.29, 0.717) is 15.4 Å². The van der Waals surface area contributed by atoms with Crippen LogP contribution >= 0.6 is 23.4 Å². The number of pyridine rings is 1. The molecule has 15 heteroatoms. The number of imide groups is 1. The third kappa shape index (κ3) is 4.11. The maximum Gasteiger partial charge on any atom is 0.433 e. The van der Waals surface area contributed by atoms with Gasteiger partial charge in [-0.1, -0.05) is 11.6 Å². The zero-order chi connectivity index (χ0) is 27.4. The SMILES string of the molecule is COc1cc(C2=CC3C(S2)C(=O)N(c2cncc4n[nH]c(C(F)(F)F)c24)C(=O)N3CCC#N)c(Cl)cc1F. The molecule has 4 heterocycles. The minimum atomic E-state index is -4.86. The molecule has 196 valence electrons. The molecule has 2 atom stereocenters. The van der Waals surface area contributed by atoms with Crippen molar-refractivity contribution >= 4 is 56.8 Å². The number of hydrogen-bond donors (Lipinski definition) is 1. The fourth-order valence-corrected chi connectivity index (χ4v) is 6.07. The van der Waals surface area contributed by atoms with Crippen molar-refractivity contribution in [3.63, 3.8) is 0 Å². The van der Waals surface area contributed by atoms with E-state index in [1.165, 1.54) is 18.1 Å². The molecule has 3 aromatic rings. The van der Waals surface area contributed by atoms with Crippen molar-refractivity contribution in [3.05, 3.63) is 52.7 Å². The van der Waals surface area contributed by atoms with E-state index in [0.717, 1.165) is 30.2 Å². The van der Waals surface area contributed by atoms with Gasteiger partial charge in [-0.05, 0) is 18.2 Å². The Labute approximate surface area is 221 Å². The van der Waals surface area contributed by atoms with Crippen molar-refractivity contribution in [1.29, 1.82) is 5.26 Å². The first kappa shape index (κ1) is 25.8. The number of aromatic nitrogens is 3. The molecule has 3 amide bonds. The number of urea groups is 1. The van der Waals surface area contributed by atoms with Gasteiger partial charge >= 0.3 is 12.2 Å². The molecule has 2 aliphatic heterocycles. The van der Waals surface area contributed by atoms with Crippen LogP contribution in [0.5, 0.6) is 5.75 Å². The second-order valence-corrected chi connectivity index (χ2v) is 9.82. The highest BCUT2D eigenvalue weighted by Gasteiger charge is 2.51. The van der Waals surface area contributed by atoms with E-state index in [4.69, 9.17) is 21.6 Å². The monoisotopic (exact) mass is 566 g/mol. The van der Waals surface area contributed by atoms with Crippen LogP contribution in [0.25, 0.3) is 15.8 Å². The van der Waals surface area contributed by atoms with Gasteiger partial charge in [0.2, 0.25) is 0 Å². The minimum absolute atomic E-state index is 0.0297. The topological polar surface area (TPSA) is 115 Å². The van der Waals surface area contributed by atoms with Crippen molar-refractivity contribution < 1.29 is 31.9 Å². The number of methoxy groups -OCH3 is 1. The Morgan fingerprint density at radius 1 is 1.29 bits per heavy atom. The molecule has 0 radical (unpaired) electrons. The van der Waals surface area contributed by atoms with Crippen LogP contribution in [0.4, 0.5) is 28.0 Å². The fourth-order valence-electron chi connectivity index (χ4n) is 4.41. The number of nitriles is 1. The Kier molecular flexibility index (Phi) is 6.44. The number of H-pyrrole nitrogens is 1. The summed E-state index contributed by atoms with van der Waals surface area (Å²) >= 11 is 7.28. The van der Waals surface area contributed by atoms with E-state index in [-0.39, 0.29) is 29.3 Å². The molecule has 2 unspecified atom stereocenters. The quantitative estimate of drug-likeness (QED) is 0.433. The Morgan fingerprint density at radius 2 is 2.05 bits per heavy atom. The van der Waals surface area contributed by atoms with E-state index >= 15 is 0 Å². The molecule has 1 aromatic carbocycles. The summed E-state index contributed by atoms with van der Waals surface area (Å²) < 4.78 is 60.3. The fraction of sp³-hybridized carbons (Fsp3) is 0.261. The molecule has 0 bridgehead atoms. The number of ether oxygens (including phenoxy) is 1. The predicted molar refractivity (Wildman–Crippen MR) is 130 cm³/mol. The van der Waals surface area contributed by atoms with Gasteiger partial charge in [0.05, 0.1) is 54.1 Å². The number of carbonyl (C=O) groups excluding carboxylic acids is 2.